The topological polar surface area (TPSA) is 44.8 Å². The zero-order valence-electron chi connectivity index (χ0n) is 21.6. The van der Waals surface area contributed by atoms with Gasteiger partial charge in [0.25, 0.3) is 0 Å². The van der Waals surface area contributed by atoms with Crippen LogP contribution >= 0.6 is 0 Å². The molecule has 0 amide bonds. The predicted molar refractivity (Wildman–Crippen MR) is 132 cm³/mol. The molecule has 1 aliphatic heterocycles. The van der Waals surface area contributed by atoms with Crippen LogP contribution in [0.3, 0.4) is 0 Å². The Morgan fingerprint density at radius 1 is 1.00 bits per heavy atom. The molecule has 0 bridgehead atoms. The summed E-state index contributed by atoms with van der Waals surface area (Å²) in [5, 5.41) is 0.156. The summed E-state index contributed by atoms with van der Waals surface area (Å²) in [5.41, 5.74) is 0. The first-order chi connectivity index (χ1) is 13.5. The fourth-order valence-electron chi connectivity index (χ4n) is 3.00. The second-order valence-electron chi connectivity index (χ2n) is 11.8. The minimum Gasteiger partial charge on any atom is -0.460 e. The van der Waals surface area contributed by atoms with Crippen LogP contribution in [0.2, 0.25) is 36.3 Å². The van der Waals surface area contributed by atoms with E-state index in [-0.39, 0.29) is 34.4 Å². The summed E-state index contributed by atoms with van der Waals surface area (Å²) >= 11 is 0. The molecule has 0 spiro atoms. The van der Waals surface area contributed by atoms with Gasteiger partial charge in [0.2, 0.25) is 0 Å². The first-order valence-corrected chi connectivity index (χ1v) is 17.6. The third-order valence-corrected chi connectivity index (χ3v) is 16.0. The molecule has 6 heteroatoms. The van der Waals surface area contributed by atoms with Gasteiger partial charge in [-0.3, -0.25) is 4.79 Å². The maximum Gasteiger partial charge on any atom is 0.306 e. The molecule has 30 heavy (non-hydrogen) atoms. The van der Waals surface area contributed by atoms with Gasteiger partial charge in [0.1, 0.15) is 12.2 Å². The van der Waals surface area contributed by atoms with Crippen LogP contribution in [0.5, 0.6) is 0 Å². The molecule has 0 aromatic rings. The van der Waals surface area contributed by atoms with E-state index in [1.165, 1.54) is 0 Å². The van der Waals surface area contributed by atoms with Crippen LogP contribution in [0.1, 0.15) is 80.6 Å². The molecule has 0 saturated carbocycles. The van der Waals surface area contributed by atoms with E-state index in [2.05, 4.69) is 86.8 Å². The standard InChI is InChI=1S/C24H48O4Si2/c1-12-16-19-22(28-30(10,11)24(5,6)7)20(27-29(8,9)23(2,3)4)17-14-13-15-18-21(25)26-19/h14,17,19-20,22H,12-13,15-16,18H2,1-11H3/b17-14+/t19-,20+,22-/m1/s1. The van der Waals surface area contributed by atoms with Crippen molar-refractivity contribution in [2.24, 2.45) is 0 Å². The Kier molecular flexibility index (Phi) is 9.62. The van der Waals surface area contributed by atoms with E-state index in [1.54, 1.807) is 0 Å². The third kappa shape index (κ3) is 7.61. The first-order valence-electron chi connectivity index (χ1n) is 11.7. The van der Waals surface area contributed by atoms with Crippen LogP contribution in [0.25, 0.3) is 0 Å². The maximum absolute atomic E-state index is 12.5. The molecule has 0 radical (unpaired) electrons. The second-order valence-corrected chi connectivity index (χ2v) is 21.3. The van der Waals surface area contributed by atoms with E-state index in [9.17, 15) is 4.79 Å². The number of carbonyl (C=O) groups excluding carboxylic acids is 1. The molecule has 1 aliphatic rings. The molecule has 0 saturated heterocycles. The highest BCUT2D eigenvalue weighted by Crippen LogP contribution is 2.41. The van der Waals surface area contributed by atoms with Gasteiger partial charge in [-0.1, -0.05) is 67.0 Å². The number of hydrogen-bond donors (Lipinski definition) is 0. The van der Waals surface area contributed by atoms with Crippen molar-refractivity contribution in [3.05, 3.63) is 12.2 Å². The quantitative estimate of drug-likeness (QED) is 0.240. The summed E-state index contributed by atoms with van der Waals surface area (Å²) in [6, 6.07) is 0. The molecular weight excluding hydrogens is 408 g/mol. The Morgan fingerprint density at radius 2 is 1.53 bits per heavy atom. The van der Waals surface area contributed by atoms with Gasteiger partial charge < -0.3 is 13.6 Å². The van der Waals surface area contributed by atoms with Crippen molar-refractivity contribution >= 4 is 22.6 Å². The number of hydrogen-bond acceptors (Lipinski definition) is 4. The lowest BCUT2D eigenvalue weighted by molar-refractivity contribution is -0.158. The smallest absolute Gasteiger partial charge is 0.306 e. The SMILES string of the molecule is CCC[C@H]1OC(=O)CCC/C=C/[C@H](O[Si](C)(C)C(C)(C)C)[C@@H]1O[Si](C)(C)C(C)(C)C. The molecule has 0 aliphatic carbocycles. The summed E-state index contributed by atoms with van der Waals surface area (Å²) in [6.45, 7) is 24.8. The van der Waals surface area contributed by atoms with Crippen molar-refractivity contribution in [2.45, 2.75) is 135 Å². The fraction of sp³-hybridized carbons (Fsp3) is 0.875. The maximum atomic E-state index is 12.5. The number of cyclic esters (lactones) is 1. The van der Waals surface area contributed by atoms with Gasteiger partial charge in [0.05, 0.1) is 6.10 Å². The number of allylic oxidation sites excluding steroid dienone is 1. The van der Waals surface area contributed by atoms with E-state index in [0.717, 1.165) is 25.7 Å². The molecule has 1 rings (SSSR count). The predicted octanol–water partition coefficient (Wildman–Crippen LogP) is 7.22. The van der Waals surface area contributed by atoms with Crippen LogP contribution in [0.15, 0.2) is 12.2 Å². The Morgan fingerprint density at radius 3 is 2.03 bits per heavy atom. The number of carbonyl (C=O) groups is 1. The third-order valence-electron chi connectivity index (χ3n) is 7.10. The second kappa shape index (κ2) is 10.5. The molecular formula is C24H48O4Si2. The van der Waals surface area contributed by atoms with Crippen LogP contribution in [0, 0.1) is 0 Å². The summed E-state index contributed by atoms with van der Waals surface area (Å²) in [6.07, 6.45) is 7.47. The molecule has 0 N–H and O–H groups in total. The van der Waals surface area contributed by atoms with Crippen molar-refractivity contribution in [1.82, 2.24) is 0 Å². The average Bonchev–Trinajstić information content (AvgIpc) is 2.55. The van der Waals surface area contributed by atoms with Crippen molar-refractivity contribution in [3.63, 3.8) is 0 Å². The summed E-state index contributed by atoms with van der Waals surface area (Å²) in [7, 11) is -4.15. The van der Waals surface area contributed by atoms with Gasteiger partial charge >= 0.3 is 5.97 Å². The molecule has 0 unspecified atom stereocenters. The lowest BCUT2D eigenvalue weighted by atomic mass is 10.0. The molecule has 3 atom stereocenters. The average molecular weight is 457 g/mol. The van der Waals surface area contributed by atoms with E-state index in [4.69, 9.17) is 13.6 Å². The fourth-order valence-corrected chi connectivity index (χ4v) is 5.57. The molecule has 4 nitrogen and oxygen atoms in total. The largest absolute Gasteiger partial charge is 0.460 e. The summed E-state index contributed by atoms with van der Waals surface area (Å²) in [4.78, 5) is 12.5. The molecule has 0 aromatic heterocycles. The normalized spacial score (nSPS) is 26.2. The zero-order chi connectivity index (χ0) is 23.4. The summed E-state index contributed by atoms with van der Waals surface area (Å²) in [5.74, 6) is -0.112. The molecule has 0 fully saturated rings. The number of rotatable bonds is 6. The number of ether oxygens (including phenoxy) is 1. The highest BCUT2D eigenvalue weighted by Gasteiger charge is 2.46. The Balaban J connectivity index is 3.45. The van der Waals surface area contributed by atoms with Crippen molar-refractivity contribution in [1.29, 1.82) is 0 Å². The Bertz CT molecular complexity index is 585. The van der Waals surface area contributed by atoms with Gasteiger partial charge in [-0.25, -0.2) is 0 Å². The van der Waals surface area contributed by atoms with E-state index in [0.29, 0.717) is 6.42 Å². The minimum absolute atomic E-state index is 0.0638. The van der Waals surface area contributed by atoms with Crippen LogP contribution < -0.4 is 0 Å². The van der Waals surface area contributed by atoms with E-state index < -0.39 is 16.6 Å². The van der Waals surface area contributed by atoms with Crippen LogP contribution in [-0.2, 0) is 18.4 Å². The van der Waals surface area contributed by atoms with Crippen molar-refractivity contribution < 1.29 is 18.4 Å². The lowest BCUT2D eigenvalue weighted by Gasteiger charge is -2.46. The van der Waals surface area contributed by atoms with Crippen molar-refractivity contribution in [3.8, 4) is 0 Å². The lowest BCUT2D eigenvalue weighted by Crippen LogP contribution is -2.55. The highest BCUT2D eigenvalue weighted by molar-refractivity contribution is 6.74. The zero-order valence-corrected chi connectivity index (χ0v) is 23.6. The minimum atomic E-state index is -2.11. The number of esters is 1. The van der Waals surface area contributed by atoms with Gasteiger partial charge in [0.15, 0.2) is 16.6 Å². The van der Waals surface area contributed by atoms with E-state index in [1.807, 2.05) is 0 Å². The van der Waals surface area contributed by atoms with E-state index >= 15 is 0 Å². The highest BCUT2D eigenvalue weighted by atomic mass is 28.4. The van der Waals surface area contributed by atoms with Crippen LogP contribution in [0.4, 0.5) is 0 Å². The molecule has 176 valence electrons. The van der Waals surface area contributed by atoms with Gasteiger partial charge in [0, 0.05) is 6.42 Å². The van der Waals surface area contributed by atoms with Crippen LogP contribution in [-0.4, -0.2) is 40.9 Å². The molecule has 0 aromatic carbocycles. The first kappa shape index (κ1) is 27.6. The van der Waals surface area contributed by atoms with Crippen molar-refractivity contribution in [2.75, 3.05) is 0 Å². The summed E-state index contributed by atoms with van der Waals surface area (Å²) < 4.78 is 19.9. The molecule has 1 heterocycles. The Labute approximate surface area is 188 Å². The van der Waals surface area contributed by atoms with Gasteiger partial charge in [-0.2, -0.15) is 0 Å². The van der Waals surface area contributed by atoms with Gasteiger partial charge in [-0.05, 0) is 55.5 Å². The Hall–Kier alpha value is -0.436. The monoisotopic (exact) mass is 456 g/mol. The van der Waals surface area contributed by atoms with Gasteiger partial charge in [-0.15, -0.1) is 0 Å².